The van der Waals surface area contributed by atoms with Gasteiger partial charge in [0, 0.05) is 24.2 Å². The molecule has 1 unspecified atom stereocenters. The normalized spacial score (nSPS) is 23.0. The molecular weight excluding hydrogens is 272 g/mol. The van der Waals surface area contributed by atoms with Crippen molar-refractivity contribution >= 4 is 5.91 Å². The first-order chi connectivity index (χ1) is 10.6. The number of nitrogens with zero attached hydrogens (tertiary/aromatic N) is 1. The number of amides is 1. The van der Waals surface area contributed by atoms with E-state index in [1.165, 1.54) is 5.56 Å². The van der Waals surface area contributed by atoms with E-state index in [-0.39, 0.29) is 5.91 Å². The van der Waals surface area contributed by atoms with Gasteiger partial charge in [-0.05, 0) is 23.1 Å². The molecule has 0 bridgehead atoms. The lowest BCUT2D eigenvalue weighted by atomic mass is 9.90. The van der Waals surface area contributed by atoms with Crippen LogP contribution in [0, 0.1) is 0 Å². The number of nitrogens with one attached hydrogen (secondary N) is 1. The van der Waals surface area contributed by atoms with E-state index >= 15 is 0 Å². The van der Waals surface area contributed by atoms with Gasteiger partial charge in [-0.15, -0.1) is 0 Å². The van der Waals surface area contributed by atoms with E-state index in [0.717, 1.165) is 29.8 Å². The molecule has 4 rings (SSSR count). The second-order valence-corrected chi connectivity index (χ2v) is 6.42. The van der Waals surface area contributed by atoms with Crippen molar-refractivity contribution in [2.24, 2.45) is 0 Å². The number of fused-ring (bicyclic) bond motifs is 3. The molecule has 0 aromatic heterocycles. The van der Waals surface area contributed by atoms with E-state index in [4.69, 9.17) is 0 Å². The highest BCUT2D eigenvalue weighted by Crippen LogP contribution is 2.44. The molecule has 0 saturated carbocycles. The van der Waals surface area contributed by atoms with Gasteiger partial charge in [-0.1, -0.05) is 56.3 Å². The summed E-state index contributed by atoms with van der Waals surface area (Å²) in [7, 11) is 0. The largest absolute Gasteiger partial charge is 0.311 e. The number of rotatable bonds is 2. The number of carbonyl (C=O) groups excluding carboxylic acids is 1. The zero-order chi connectivity index (χ0) is 15.3. The maximum absolute atomic E-state index is 12.7. The Morgan fingerprint density at radius 1 is 1.09 bits per heavy atom. The van der Waals surface area contributed by atoms with Crippen molar-refractivity contribution in [3.8, 4) is 0 Å². The quantitative estimate of drug-likeness (QED) is 0.922. The van der Waals surface area contributed by atoms with Gasteiger partial charge in [0.15, 0.2) is 0 Å². The second-order valence-electron chi connectivity index (χ2n) is 6.42. The van der Waals surface area contributed by atoms with Crippen LogP contribution in [0.4, 0.5) is 0 Å². The minimum absolute atomic E-state index is 0.133. The van der Waals surface area contributed by atoms with E-state index in [2.05, 4.69) is 49.5 Å². The molecule has 1 fully saturated rings. The Hall–Kier alpha value is -2.13. The second kappa shape index (κ2) is 4.68. The summed E-state index contributed by atoms with van der Waals surface area (Å²) in [4.78, 5) is 14.7. The molecule has 3 nitrogen and oxygen atoms in total. The molecule has 0 aliphatic carbocycles. The highest BCUT2D eigenvalue weighted by atomic mass is 16.2. The Kier molecular flexibility index (Phi) is 2.88. The van der Waals surface area contributed by atoms with Crippen LogP contribution in [-0.2, 0) is 5.66 Å². The maximum Gasteiger partial charge on any atom is 0.256 e. The molecule has 0 spiro atoms. The van der Waals surface area contributed by atoms with E-state index in [0.29, 0.717) is 5.92 Å². The molecule has 1 N–H and O–H groups in total. The van der Waals surface area contributed by atoms with Gasteiger partial charge < -0.3 is 4.90 Å². The lowest BCUT2D eigenvalue weighted by Crippen LogP contribution is -2.46. The zero-order valence-corrected chi connectivity index (χ0v) is 13.0. The van der Waals surface area contributed by atoms with Gasteiger partial charge in [-0.3, -0.25) is 10.1 Å². The van der Waals surface area contributed by atoms with Gasteiger partial charge >= 0.3 is 0 Å². The molecule has 2 aromatic carbocycles. The zero-order valence-electron chi connectivity index (χ0n) is 13.0. The average Bonchev–Trinajstić information content (AvgIpc) is 3.08. The van der Waals surface area contributed by atoms with Crippen LogP contribution in [0.25, 0.3) is 0 Å². The Balaban J connectivity index is 1.89. The summed E-state index contributed by atoms with van der Waals surface area (Å²) in [5.41, 5.74) is 3.89. The van der Waals surface area contributed by atoms with Crippen molar-refractivity contribution in [1.29, 1.82) is 0 Å². The van der Waals surface area contributed by atoms with Gasteiger partial charge in [-0.2, -0.15) is 0 Å². The predicted octanol–water partition coefficient (Wildman–Crippen LogP) is 3.07. The van der Waals surface area contributed by atoms with Crippen LogP contribution in [-0.4, -0.2) is 23.9 Å². The monoisotopic (exact) mass is 292 g/mol. The van der Waals surface area contributed by atoms with Crippen molar-refractivity contribution < 1.29 is 4.79 Å². The fourth-order valence-electron chi connectivity index (χ4n) is 3.76. The Morgan fingerprint density at radius 2 is 1.82 bits per heavy atom. The van der Waals surface area contributed by atoms with E-state index in [9.17, 15) is 4.79 Å². The molecule has 2 aliphatic rings. The molecule has 0 radical (unpaired) electrons. The molecule has 2 heterocycles. The summed E-state index contributed by atoms with van der Waals surface area (Å²) in [6.45, 7) is 5.97. The number of carbonyl (C=O) groups is 1. The number of hydrogen-bond donors (Lipinski definition) is 1. The van der Waals surface area contributed by atoms with Gasteiger partial charge in [0.1, 0.15) is 5.66 Å². The molecule has 112 valence electrons. The summed E-state index contributed by atoms with van der Waals surface area (Å²) in [6.07, 6.45) is 0. The molecule has 3 heteroatoms. The molecular formula is C19H20N2O. The van der Waals surface area contributed by atoms with E-state index < -0.39 is 5.66 Å². The minimum atomic E-state index is -0.483. The summed E-state index contributed by atoms with van der Waals surface area (Å²) < 4.78 is 0. The lowest BCUT2D eigenvalue weighted by Gasteiger charge is -2.33. The summed E-state index contributed by atoms with van der Waals surface area (Å²) in [6, 6.07) is 16.6. The van der Waals surface area contributed by atoms with Crippen LogP contribution in [0.15, 0.2) is 48.5 Å². The molecule has 2 aliphatic heterocycles. The van der Waals surface area contributed by atoms with E-state index in [1.807, 2.05) is 23.1 Å². The van der Waals surface area contributed by atoms with Crippen LogP contribution < -0.4 is 5.32 Å². The Bertz CT molecular complexity index is 735. The third kappa shape index (κ3) is 1.63. The topological polar surface area (TPSA) is 32.3 Å². The third-order valence-electron chi connectivity index (χ3n) is 4.91. The van der Waals surface area contributed by atoms with Crippen molar-refractivity contribution in [2.75, 3.05) is 13.1 Å². The predicted molar refractivity (Wildman–Crippen MR) is 86.8 cm³/mol. The smallest absolute Gasteiger partial charge is 0.256 e. The third-order valence-corrected chi connectivity index (χ3v) is 4.91. The van der Waals surface area contributed by atoms with Crippen LogP contribution in [0.3, 0.4) is 0 Å². The molecule has 2 aromatic rings. The Morgan fingerprint density at radius 3 is 2.55 bits per heavy atom. The highest BCUT2D eigenvalue weighted by molar-refractivity contribution is 6.01. The summed E-state index contributed by atoms with van der Waals surface area (Å²) in [5, 5.41) is 3.59. The van der Waals surface area contributed by atoms with Crippen molar-refractivity contribution in [3.05, 3.63) is 70.8 Å². The first-order valence-electron chi connectivity index (χ1n) is 7.91. The van der Waals surface area contributed by atoms with Crippen LogP contribution in [0.1, 0.15) is 46.8 Å². The molecule has 1 atom stereocenters. The lowest BCUT2D eigenvalue weighted by molar-refractivity contribution is 0.0694. The SMILES string of the molecule is CC(C)c1ccc(C23NCCN2C(=O)c2ccccc23)cc1. The fourth-order valence-corrected chi connectivity index (χ4v) is 3.76. The Labute approximate surface area is 131 Å². The fraction of sp³-hybridized carbons (Fsp3) is 0.316. The van der Waals surface area contributed by atoms with Crippen LogP contribution >= 0.6 is 0 Å². The van der Waals surface area contributed by atoms with Crippen molar-refractivity contribution in [3.63, 3.8) is 0 Å². The average molecular weight is 292 g/mol. The van der Waals surface area contributed by atoms with Gasteiger partial charge in [0.25, 0.3) is 5.91 Å². The van der Waals surface area contributed by atoms with Crippen LogP contribution in [0.2, 0.25) is 0 Å². The van der Waals surface area contributed by atoms with Crippen molar-refractivity contribution in [1.82, 2.24) is 10.2 Å². The number of benzene rings is 2. The summed E-state index contributed by atoms with van der Waals surface area (Å²) in [5.74, 6) is 0.644. The van der Waals surface area contributed by atoms with E-state index in [1.54, 1.807) is 0 Å². The maximum atomic E-state index is 12.7. The van der Waals surface area contributed by atoms with Gasteiger partial charge in [0.05, 0.1) is 0 Å². The van der Waals surface area contributed by atoms with Gasteiger partial charge in [0.2, 0.25) is 0 Å². The highest BCUT2D eigenvalue weighted by Gasteiger charge is 2.53. The molecule has 22 heavy (non-hydrogen) atoms. The first-order valence-corrected chi connectivity index (χ1v) is 7.91. The first kappa shape index (κ1) is 13.5. The van der Waals surface area contributed by atoms with Gasteiger partial charge in [-0.25, -0.2) is 0 Å². The standard InChI is InChI=1S/C19H20N2O/c1-13(2)14-7-9-15(10-8-14)19-17-6-4-3-5-16(17)18(22)21(19)12-11-20-19/h3-10,13,20H,11-12H2,1-2H3. The van der Waals surface area contributed by atoms with Crippen molar-refractivity contribution in [2.45, 2.75) is 25.4 Å². The molecule has 1 amide bonds. The summed E-state index contributed by atoms with van der Waals surface area (Å²) >= 11 is 0. The van der Waals surface area contributed by atoms with Crippen LogP contribution in [0.5, 0.6) is 0 Å². The molecule has 1 saturated heterocycles. The minimum Gasteiger partial charge on any atom is -0.311 e. The number of hydrogen-bond acceptors (Lipinski definition) is 2.